The van der Waals surface area contributed by atoms with E-state index in [9.17, 15) is 5.11 Å². The van der Waals surface area contributed by atoms with Crippen LogP contribution >= 0.6 is 0 Å². The molecule has 1 aliphatic heterocycles. The molecule has 0 aliphatic carbocycles. The van der Waals surface area contributed by atoms with Gasteiger partial charge in [-0.05, 0) is 36.1 Å². The van der Waals surface area contributed by atoms with Crippen molar-refractivity contribution in [1.29, 1.82) is 0 Å². The molecular formula is C16H17NO2. The van der Waals surface area contributed by atoms with Crippen molar-refractivity contribution >= 4 is 0 Å². The summed E-state index contributed by atoms with van der Waals surface area (Å²) in [4.78, 5) is 3.99. The van der Waals surface area contributed by atoms with Crippen LogP contribution in [0, 0.1) is 0 Å². The van der Waals surface area contributed by atoms with Gasteiger partial charge in [0.15, 0.2) is 0 Å². The molecule has 2 heterocycles. The summed E-state index contributed by atoms with van der Waals surface area (Å²) in [6.45, 7) is 0.742. The highest BCUT2D eigenvalue weighted by Crippen LogP contribution is 2.34. The van der Waals surface area contributed by atoms with Gasteiger partial charge in [0.05, 0.1) is 12.7 Å². The van der Waals surface area contributed by atoms with E-state index in [0.717, 1.165) is 36.3 Å². The predicted molar refractivity (Wildman–Crippen MR) is 73.2 cm³/mol. The molecule has 1 aromatic heterocycles. The summed E-state index contributed by atoms with van der Waals surface area (Å²) >= 11 is 0. The molecular weight excluding hydrogens is 238 g/mol. The molecule has 2 aromatic rings. The number of aryl methyl sites for hydroxylation is 1. The fraction of sp³-hybridized carbons (Fsp3) is 0.312. The van der Waals surface area contributed by atoms with Crippen molar-refractivity contribution in [2.45, 2.75) is 25.4 Å². The third kappa shape index (κ3) is 2.61. The molecule has 0 saturated heterocycles. The third-order valence-electron chi connectivity index (χ3n) is 3.50. The fourth-order valence-corrected chi connectivity index (χ4v) is 2.53. The van der Waals surface area contributed by atoms with Gasteiger partial charge in [-0.25, -0.2) is 0 Å². The molecule has 1 aliphatic rings. The van der Waals surface area contributed by atoms with Gasteiger partial charge in [-0.15, -0.1) is 0 Å². The van der Waals surface area contributed by atoms with Crippen molar-refractivity contribution in [3.8, 4) is 5.75 Å². The molecule has 3 heteroatoms. The number of para-hydroxylation sites is 1. The number of aliphatic hydroxyl groups excluding tert-OH is 1. The standard InChI is InChI=1S/C16H17NO2/c18-15(11-12-6-8-17-9-7-12)14-5-1-3-13-4-2-10-19-16(13)14/h1,3,5-9,15,18H,2,4,10-11H2. The maximum atomic E-state index is 10.4. The summed E-state index contributed by atoms with van der Waals surface area (Å²) in [5.41, 5.74) is 3.18. The van der Waals surface area contributed by atoms with Crippen LogP contribution in [0.5, 0.6) is 5.75 Å². The molecule has 0 spiro atoms. The monoisotopic (exact) mass is 255 g/mol. The first kappa shape index (κ1) is 12.2. The van der Waals surface area contributed by atoms with Gasteiger partial charge in [0.1, 0.15) is 5.75 Å². The van der Waals surface area contributed by atoms with E-state index in [1.807, 2.05) is 24.3 Å². The van der Waals surface area contributed by atoms with E-state index in [4.69, 9.17) is 4.74 Å². The van der Waals surface area contributed by atoms with Crippen LogP contribution in [0.2, 0.25) is 0 Å². The molecule has 19 heavy (non-hydrogen) atoms. The van der Waals surface area contributed by atoms with Gasteiger partial charge in [0.2, 0.25) is 0 Å². The normalized spacial score (nSPS) is 15.4. The molecule has 3 rings (SSSR count). The number of pyridine rings is 1. The largest absolute Gasteiger partial charge is 0.493 e. The van der Waals surface area contributed by atoms with Crippen LogP contribution in [0.1, 0.15) is 29.2 Å². The molecule has 0 saturated carbocycles. The Labute approximate surface area is 112 Å². The van der Waals surface area contributed by atoms with E-state index in [0.29, 0.717) is 6.42 Å². The first-order chi connectivity index (χ1) is 9.34. The summed E-state index contributed by atoms with van der Waals surface area (Å²) in [6.07, 6.45) is 5.64. The molecule has 1 unspecified atom stereocenters. The molecule has 1 N–H and O–H groups in total. The third-order valence-corrected chi connectivity index (χ3v) is 3.50. The van der Waals surface area contributed by atoms with Gasteiger partial charge in [0.25, 0.3) is 0 Å². The lowest BCUT2D eigenvalue weighted by Crippen LogP contribution is -2.13. The molecule has 0 radical (unpaired) electrons. The van der Waals surface area contributed by atoms with Crippen LogP contribution in [0.3, 0.4) is 0 Å². The summed E-state index contributed by atoms with van der Waals surface area (Å²) in [5.74, 6) is 0.885. The first-order valence-corrected chi connectivity index (χ1v) is 6.66. The minimum Gasteiger partial charge on any atom is -0.493 e. The van der Waals surface area contributed by atoms with Gasteiger partial charge >= 0.3 is 0 Å². The van der Waals surface area contributed by atoms with Crippen molar-refractivity contribution in [2.75, 3.05) is 6.61 Å². The number of nitrogens with zero attached hydrogens (tertiary/aromatic N) is 1. The molecule has 1 atom stereocenters. The lowest BCUT2D eigenvalue weighted by Gasteiger charge is -2.22. The smallest absolute Gasteiger partial charge is 0.128 e. The van der Waals surface area contributed by atoms with Crippen molar-refractivity contribution < 1.29 is 9.84 Å². The number of fused-ring (bicyclic) bond motifs is 1. The van der Waals surface area contributed by atoms with E-state index in [1.165, 1.54) is 5.56 Å². The van der Waals surface area contributed by atoms with Crippen molar-refractivity contribution in [3.63, 3.8) is 0 Å². The summed E-state index contributed by atoms with van der Waals surface area (Å²) < 4.78 is 5.74. The zero-order valence-electron chi connectivity index (χ0n) is 10.7. The fourth-order valence-electron chi connectivity index (χ4n) is 2.53. The highest BCUT2D eigenvalue weighted by Gasteiger charge is 2.19. The van der Waals surface area contributed by atoms with Crippen LogP contribution in [0.4, 0.5) is 0 Å². The van der Waals surface area contributed by atoms with E-state index in [1.54, 1.807) is 12.4 Å². The lowest BCUT2D eigenvalue weighted by molar-refractivity contribution is 0.169. The van der Waals surface area contributed by atoms with Crippen molar-refractivity contribution in [3.05, 3.63) is 59.4 Å². The highest BCUT2D eigenvalue weighted by molar-refractivity contribution is 5.44. The Kier molecular flexibility index (Phi) is 3.47. The maximum absolute atomic E-state index is 10.4. The van der Waals surface area contributed by atoms with Crippen molar-refractivity contribution in [1.82, 2.24) is 4.98 Å². The Bertz CT molecular complexity index is 554. The lowest BCUT2D eigenvalue weighted by atomic mass is 9.96. The van der Waals surface area contributed by atoms with E-state index < -0.39 is 6.10 Å². The zero-order chi connectivity index (χ0) is 13.1. The number of benzene rings is 1. The summed E-state index contributed by atoms with van der Waals surface area (Å²) in [6, 6.07) is 9.89. The Morgan fingerprint density at radius 3 is 2.89 bits per heavy atom. The van der Waals surface area contributed by atoms with Gasteiger partial charge in [-0.2, -0.15) is 0 Å². The SMILES string of the molecule is OC(Cc1ccncc1)c1cccc2c1OCCC2. The van der Waals surface area contributed by atoms with Crippen LogP contribution in [-0.2, 0) is 12.8 Å². The van der Waals surface area contributed by atoms with Crippen LogP contribution in [0.25, 0.3) is 0 Å². The molecule has 0 fully saturated rings. The van der Waals surface area contributed by atoms with E-state index >= 15 is 0 Å². The second-order valence-electron chi connectivity index (χ2n) is 4.86. The number of hydrogen-bond donors (Lipinski definition) is 1. The van der Waals surface area contributed by atoms with Crippen LogP contribution < -0.4 is 4.74 Å². The van der Waals surface area contributed by atoms with Gasteiger partial charge < -0.3 is 9.84 Å². The second kappa shape index (κ2) is 5.41. The van der Waals surface area contributed by atoms with Crippen LogP contribution in [-0.4, -0.2) is 16.7 Å². The minimum absolute atomic E-state index is 0.532. The number of hydrogen-bond acceptors (Lipinski definition) is 3. The molecule has 3 nitrogen and oxygen atoms in total. The minimum atomic E-state index is -0.532. The first-order valence-electron chi connectivity index (χ1n) is 6.66. The van der Waals surface area contributed by atoms with Gasteiger partial charge in [-0.3, -0.25) is 4.98 Å². The molecule has 1 aromatic carbocycles. The average Bonchev–Trinajstić information content (AvgIpc) is 2.47. The summed E-state index contributed by atoms with van der Waals surface area (Å²) in [5, 5.41) is 10.4. The van der Waals surface area contributed by atoms with E-state index in [-0.39, 0.29) is 0 Å². The average molecular weight is 255 g/mol. The number of ether oxygens (including phenoxy) is 1. The number of rotatable bonds is 3. The predicted octanol–water partition coefficient (Wildman–Crippen LogP) is 2.68. The maximum Gasteiger partial charge on any atom is 0.128 e. The van der Waals surface area contributed by atoms with E-state index in [2.05, 4.69) is 11.1 Å². The molecule has 98 valence electrons. The Balaban J connectivity index is 1.86. The van der Waals surface area contributed by atoms with Gasteiger partial charge in [-0.1, -0.05) is 18.2 Å². The zero-order valence-corrected chi connectivity index (χ0v) is 10.7. The quantitative estimate of drug-likeness (QED) is 0.917. The highest BCUT2D eigenvalue weighted by atomic mass is 16.5. The topological polar surface area (TPSA) is 42.4 Å². The Morgan fingerprint density at radius 1 is 1.21 bits per heavy atom. The molecule has 0 bridgehead atoms. The Morgan fingerprint density at radius 2 is 2.05 bits per heavy atom. The van der Waals surface area contributed by atoms with Gasteiger partial charge in [0, 0.05) is 24.4 Å². The second-order valence-corrected chi connectivity index (χ2v) is 4.86. The van der Waals surface area contributed by atoms with Crippen molar-refractivity contribution in [2.24, 2.45) is 0 Å². The summed E-state index contributed by atoms with van der Waals surface area (Å²) in [7, 11) is 0. The number of aliphatic hydroxyl groups is 1. The van der Waals surface area contributed by atoms with Crippen LogP contribution in [0.15, 0.2) is 42.7 Å². The number of aromatic nitrogens is 1. The molecule has 0 amide bonds. The Hall–Kier alpha value is -1.87.